The Morgan fingerprint density at radius 2 is 1.96 bits per heavy atom. The van der Waals surface area contributed by atoms with E-state index in [9.17, 15) is 4.79 Å². The van der Waals surface area contributed by atoms with Gasteiger partial charge in [0.1, 0.15) is 0 Å². The second-order valence-electron chi connectivity index (χ2n) is 7.25. The van der Waals surface area contributed by atoms with Crippen LogP contribution in [0.4, 0.5) is 5.69 Å². The largest absolute Gasteiger partial charge is 0.379 e. The van der Waals surface area contributed by atoms with Crippen molar-refractivity contribution >= 4 is 33.5 Å². The zero-order valence-corrected chi connectivity index (χ0v) is 15.8. The summed E-state index contributed by atoms with van der Waals surface area (Å²) in [6.07, 6.45) is 5.30. The maximum Gasteiger partial charge on any atom is 0.219 e. The first-order valence-corrected chi connectivity index (χ1v) is 9.27. The van der Waals surface area contributed by atoms with E-state index < -0.39 is 0 Å². The van der Waals surface area contributed by atoms with Gasteiger partial charge in [0, 0.05) is 56.1 Å². The first-order valence-electron chi connectivity index (χ1n) is 9.27. The first kappa shape index (κ1) is 16.7. The fraction of sp³-hybridized carbons (Fsp3) is 0.238. The fourth-order valence-electron chi connectivity index (χ4n) is 3.75. The number of nitrogens with one attached hydrogen (secondary N) is 1. The van der Waals surface area contributed by atoms with Gasteiger partial charge >= 0.3 is 0 Å². The number of benzene rings is 2. The van der Waals surface area contributed by atoms with Gasteiger partial charge in [0.25, 0.3) is 0 Å². The van der Waals surface area contributed by atoms with E-state index in [1.807, 2.05) is 28.9 Å². The Kier molecular flexibility index (Phi) is 3.75. The molecular formula is C21H20N6O. The van der Waals surface area contributed by atoms with E-state index in [4.69, 9.17) is 0 Å². The van der Waals surface area contributed by atoms with Crippen molar-refractivity contribution in [3.8, 4) is 11.1 Å². The molecule has 0 atom stereocenters. The summed E-state index contributed by atoms with van der Waals surface area (Å²) in [5.74, 6) is 0.118. The number of nitrogens with zero attached hydrogens (tertiary/aromatic N) is 5. The van der Waals surface area contributed by atoms with E-state index in [1.54, 1.807) is 19.3 Å². The number of rotatable bonds is 3. The molecule has 2 aromatic carbocycles. The number of amides is 1. The zero-order valence-electron chi connectivity index (χ0n) is 15.8. The minimum Gasteiger partial charge on any atom is -0.379 e. The summed E-state index contributed by atoms with van der Waals surface area (Å²) in [5.41, 5.74) is 5.87. The Morgan fingerprint density at radius 1 is 1.14 bits per heavy atom. The Morgan fingerprint density at radius 3 is 2.79 bits per heavy atom. The third kappa shape index (κ3) is 2.76. The molecule has 0 unspecified atom stereocenters. The molecule has 3 heterocycles. The Bertz CT molecular complexity index is 1210. The number of carbonyl (C=O) groups excluding carboxylic acids is 1. The molecule has 1 aliphatic heterocycles. The van der Waals surface area contributed by atoms with Crippen molar-refractivity contribution in [2.24, 2.45) is 7.05 Å². The quantitative estimate of drug-likeness (QED) is 0.598. The van der Waals surface area contributed by atoms with Crippen molar-refractivity contribution in [1.29, 1.82) is 0 Å². The molecule has 1 aliphatic rings. The lowest BCUT2D eigenvalue weighted by atomic mass is 10.0. The minimum atomic E-state index is 0.118. The summed E-state index contributed by atoms with van der Waals surface area (Å²) in [5, 5.41) is 8.97. The molecule has 1 fully saturated rings. The van der Waals surface area contributed by atoms with Crippen molar-refractivity contribution < 1.29 is 4.79 Å². The van der Waals surface area contributed by atoms with Crippen molar-refractivity contribution in [3.05, 3.63) is 48.9 Å². The number of aromatic nitrogens is 4. The maximum atomic E-state index is 11.4. The molecule has 1 amide bonds. The van der Waals surface area contributed by atoms with Gasteiger partial charge in [-0.1, -0.05) is 12.1 Å². The standard InChI is InChI=1S/C21H20N6O/c1-13(28)27-11-17(12-27)25-16-8-18(21-19(9-16)22-5-6-23-21)14-3-4-15-10-24-26(2)20(15)7-14/h3-10,17,25H,11-12H2,1-2H3. The molecule has 28 heavy (non-hydrogen) atoms. The molecule has 1 N–H and O–H groups in total. The van der Waals surface area contributed by atoms with Gasteiger partial charge in [0.05, 0.1) is 28.8 Å². The third-order valence-corrected chi connectivity index (χ3v) is 5.33. The Hall–Kier alpha value is -3.48. The molecule has 140 valence electrons. The summed E-state index contributed by atoms with van der Waals surface area (Å²) in [4.78, 5) is 22.3. The number of anilines is 1. The SMILES string of the molecule is CC(=O)N1CC(Nc2cc(-c3ccc4cnn(C)c4c3)c3nccnc3c2)C1. The van der Waals surface area contributed by atoms with E-state index in [1.165, 1.54) is 0 Å². The van der Waals surface area contributed by atoms with Crippen LogP contribution in [0.15, 0.2) is 48.9 Å². The predicted molar refractivity (Wildman–Crippen MR) is 109 cm³/mol. The summed E-state index contributed by atoms with van der Waals surface area (Å²) in [6, 6.07) is 10.7. The summed E-state index contributed by atoms with van der Waals surface area (Å²) < 4.78 is 1.87. The molecule has 0 spiro atoms. The van der Waals surface area contributed by atoms with E-state index in [0.29, 0.717) is 0 Å². The lowest BCUT2D eigenvalue weighted by Crippen LogP contribution is -2.56. The maximum absolute atomic E-state index is 11.4. The Labute approximate surface area is 162 Å². The van der Waals surface area contributed by atoms with Crippen LogP contribution in [0.2, 0.25) is 0 Å². The summed E-state index contributed by atoms with van der Waals surface area (Å²) >= 11 is 0. The highest BCUT2D eigenvalue weighted by Gasteiger charge is 2.28. The molecule has 0 aliphatic carbocycles. The van der Waals surface area contributed by atoms with E-state index in [-0.39, 0.29) is 11.9 Å². The van der Waals surface area contributed by atoms with Gasteiger partial charge in [-0.2, -0.15) is 5.10 Å². The summed E-state index contributed by atoms with van der Waals surface area (Å²) in [6.45, 7) is 3.06. The van der Waals surface area contributed by atoms with Gasteiger partial charge in [0.2, 0.25) is 5.91 Å². The molecule has 0 radical (unpaired) electrons. The van der Waals surface area contributed by atoms with Crippen LogP contribution >= 0.6 is 0 Å². The van der Waals surface area contributed by atoms with Gasteiger partial charge < -0.3 is 10.2 Å². The zero-order chi connectivity index (χ0) is 19.3. The van der Waals surface area contributed by atoms with Crippen LogP contribution in [0.25, 0.3) is 33.1 Å². The molecule has 5 rings (SSSR count). The Balaban J connectivity index is 1.56. The molecule has 0 saturated carbocycles. The highest BCUT2D eigenvalue weighted by molar-refractivity contribution is 5.96. The second-order valence-corrected chi connectivity index (χ2v) is 7.25. The average Bonchev–Trinajstić information content (AvgIpc) is 3.04. The predicted octanol–water partition coefficient (Wildman–Crippen LogP) is 2.83. The van der Waals surface area contributed by atoms with E-state index in [2.05, 4.69) is 44.6 Å². The van der Waals surface area contributed by atoms with E-state index in [0.717, 1.165) is 51.8 Å². The molecule has 7 nitrogen and oxygen atoms in total. The number of fused-ring (bicyclic) bond motifs is 2. The molecule has 1 saturated heterocycles. The van der Waals surface area contributed by atoms with Crippen LogP contribution in [0, 0.1) is 0 Å². The van der Waals surface area contributed by atoms with E-state index >= 15 is 0 Å². The van der Waals surface area contributed by atoms with Crippen molar-refractivity contribution in [2.45, 2.75) is 13.0 Å². The lowest BCUT2D eigenvalue weighted by Gasteiger charge is -2.39. The number of likely N-dealkylation sites (tertiary alicyclic amines) is 1. The fourth-order valence-corrected chi connectivity index (χ4v) is 3.75. The van der Waals surface area contributed by atoms with Gasteiger partial charge in [-0.05, 0) is 23.8 Å². The van der Waals surface area contributed by atoms with Crippen molar-refractivity contribution in [3.63, 3.8) is 0 Å². The smallest absolute Gasteiger partial charge is 0.219 e. The van der Waals surface area contributed by atoms with Gasteiger partial charge in [-0.3, -0.25) is 19.4 Å². The van der Waals surface area contributed by atoms with Crippen molar-refractivity contribution in [2.75, 3.05) is 18.4 Å². The first-order chi connectivity index (χ1) is 13.6. The molecule has 2 aromatic heterocycles. The highest BCUT2D eigenvalue weighted by atomic mass is 16.2. The average molecular weight is 372 g/mol. The normalized spacial score (nSPS) is 14.4. The van der Waals surface area contributed by atoms with Gasteiger partial charge in [0.15, 0.2) is 0 Å². The monoisotopic (exact) mass is 372 g/mol. The van der Waals surface area contributed by atoms with Gasteiger partial charge in [-0.25, -0.2) is 0 Å². The van der Waals surface area contributed by atoms with Crippen LogP contribution in [0.3, 0.4) is 0 Å². The molecule has 4 aromatic rings. The van der Waals surface area contributed by atoms with Crippen LogP contribution in [0.1, 0.15) is 6.92 Å². The second kappa shape index (κ2) is 6.30. The number of hydrogen-bond donors (Lipinski definition) is 1. The molecular weight excluding hydrogens is 352 g/mol. The van der Waals surface area contributed by atoms with Gasteiger partial charge in [-0.15, -0.1) is 0 Å². The van der Waals surface area contributed by atoms with Crippen molar-refractivity contribution in [1.82, 2.24) is 24.6 Å². The molecule has 0 bridgehead atoms. The topological polar surface area (TPSA) is 75.9 Å². The number of carbonyl (C=O) groups is 1. The highest BCUT2D eigenvalue weighted by Crippen LogP contribution is 2.32. The number of aryl methyl sites for hydroxylation is 1. The lowest BCUT2D eigenvalue weighted by molar-refractivity contribution is -0.132. The van der Waals surface area contributed by atoms with Crippen LogP contribution < -0.4 is 5.32 Å². The minimum absolute atomic E-state index is 0.118. The van der Waals surface area contributed by atoms with Crippen LogP contribution in [0.5, 0.6) is 0 Å². The molecule has 7 heteroatoms. The number of hydrogen-bond acceptors (Lipinski definition) is 5. The van der Waals surface area contributed by atoms with Crippen LogP contribution in [-0.2, 0) is 11.8 Å². The summed E-state index contributed by atoms with van der Waals surface area (Å²) in [7, 11) is 1.94. The van der Waals surface area contributed by atoms with Crippen LogP contribution in [-0.4, -0.2) is 49.7 Å². The third-order valence-electron chi connectivity index (χ3n) is 5.33.